The molecule has 0 spiro atoms. The summed E-state index contributed by atoms with van der Waals surface area (Å²) in [6.45, 7) is 1.93. The van der Waals surface area contributed by atoms with E-state index in [2.05, 4.69) is 0 Å². The van der Waals surface area contributed by atoms with Crippen molar-refractivity contribution in [3.8, 4) is 0 Å². The Kier molecular flexibility index (Phi) is 73.6. The predicted octanol–water partition coefficient (Wildman–Crippen LogP) is -1.28. The summed E-state index contributed by atoms with van der Waals surface area (Å²) in [6, 6.07) is 0. The van der Waals surface area contributed by atoms with Gasteiger partial charge in [-0.05, 0) is 6.92 Å². The minimum Gasteiger partial charge on any atom is -0.637 e. The highest BCUT2D eigenvalue weighted by molar-refractivity contribution is 3.84. The smallest absolute Gasteiger partial charge is 0.0402 e. The molecule has 5 heavy (non-hydrogen) atoms. The second-order valence-corrected chi connectivity index (χ2v) is 0.316. The van der Waals surface area contributed by atoms with E-state index in [0.29, 0.717) is 0 Å². The molecule has 0 aromatic carbocycles. The van der Waals surface area contributed by atoms with Crippen LogP contribution in [0, 0.1) is 5.21 Å². The van der Waals surface area contributed by atoms with Gasteiger partial charge in [-0.15, -0.1) is 0 Å². The second-order valence-electron chi connectivity index (χ2n) is 0.316. The molecule has 0 fully saturated rings. The molecule has 3 heteroatoms. The number of quaternary nitrogens is 1. The lowest BCUT2D eigenvalue weighted by atomic mass is 10.9. The fourth-order valence-corrected chi connectivity index (χ4v) is 0. The Morgan fingerprint density at radius 1 is 1.80 bits per heavy atom. The first-order valence-corrected chi connectivity index (χ1v) is 1.31. The Morgan fingerprint density at radius 2 is 1.80 bits per heavy atom. The van der Waals surface area contributed by atoms with Crippen LogP contribution >= 0.6 is 0 Å². The van der Waals surface area contributed by atoms with Crippen LogP contribution in [0.5, 0.6) is 0 Å². The van der Waals surface area contributed by atoms with Gasteiger partial charge in [-0.25, -0.2) is 0 Å². The van der Waals surface area contributed by atoms with Crippen molar-refractivity contribution in [2.45, 2.75) is 6.92 Å². The van der Waals surface area contributed by atoms with Crippen LogP contribution in [0.25, 0.3) is 0 Å². The maximum Gasteiger partial charge on any atom is 0.0402 e. The van der Waals surface area contributed by atoms with Crippen LogP contribution in [0.2, 0.25) is 0 Å². The summed E-state index contributed by atoms with van der Waals surface area (Å²) in [6.07, 6.45) is 0. The lowest BCUT2D eigenvalue weighted by molar-refractivity contribution is -0.275. The first kappa shape index (κ1) is 8.86. The summed E-state index contributed by atoms with van der Waals surface area (Å²) in [7, 11) is 0. The van der Waals surface area contributed by atoms with Crippen molar-refractivity contribution in [1.29, 1.82) is 0 Å². The van der Waals surface area contributed by atoms with Gasteiger partial charge in [-0.3, -0.25) is 0 Å². The van der Waals surface area contributed by atoms with Crippen molar-refractivity contribution in [1.82, 2.24) is 0 Å². The van der Waals surface area contributed by atoms with E-state index in [1.807, 2.05) is 5.90 Å². The standard InChI is InChI=1S/C2H6O.H3NO/c1-2-3;1-2/h3H,2H2,1H3;1H3. The zero-order valence-corrected chi connectivity index (χ0v) is 3.27. The van der Waals surface area contributed by atoms with E-state index in [4.69, 9.17) is 10.3 Å². The average Bonchev–Trinajstić information content (AvgIpc) is 1.46. The molecule has 0 unspecified atom stereocenters. The molecule has 0 amide bonds. The molecule has 0 saturated heterocycles. The number of hydrogen-bond acceptors (Lipinski definition) is 2. The van der Waals surface area contributed by atoms with Gasteiger partial charge in [0.05, 0.1) is 0 Å². The minimum absolute atomic E-state index is 0.250. The van der Waals surface area contributed by atoms with Gasteiger partial charge in [-0.2, -0.15) is 0 Å². The Morgan fingerprint density at radius 3 is 1.80 bits per heavy atom. The van der Waals surface area contributed by atoms with Gasteiger partial charge < -0.3 is 16.2 Å². The molecule has 0 atom stereocenters. The monoisotopic (exact) mass is 79.1 g/mol. The van der Waals surface area contributed by atoms with Crippen molar-refractivity contribution >= 4 is 0 Å². The molecule has 0 bridgehead atoms. The topological polar surface area (TPSA) is 70.9 Å². The first-order valence-electron chi connectivity index (χ1n) is 1.31. The van der Waals surface area contributed by atoms with Gasteiger partial charge in [0.25, 0.3) is 0 Å². The molecule has 0 heterocycles. The molecule has 0 aliphatic carbocycles. The predicted molar refractivity (Wildman–Crippen MR) is 19.0 cm³/mol. The van der Waals surface area contributed by atoms with Crippen molar-refractivity contribution in [2.75, 3.05) is 6.61 Å². The Hall–Kier alpha value is -0.120. The molecule has 3 nitrogen and oxygen atoms in total. The molecule has 34 valence electrons. The molecule has 0 aliphatic rings. The molecule has 0 aromatic rings. The van der Waals surface area contributed by atoms with Crippen LogP contribution in [0.3, 0.4) is 0 Å². The maximum absolute atomic E-state index is 8.00. The minimum atomic E-state index is 0.250. The SMILES string of the molecule is CCO.[NH3+][O-]. The molecular weight excluding hydrogens is 70.0 g/mol. The molecule has 0 radical (unpaired) electrons. The third-order valence-corrected chi connectivity index (χ3v) is 0. The van der Waals surface area contributed by atoms with Crippen molar-refractivity contribution in [3.05, 3.63) is 5.21 Å². The van der Waals surface area contributed by atoms with Crippen LogP contribution in [0.1, 0.15) is 6.92 Å². The maximum atomic E-state index is 8.00. The molecule has 0 saturated carbocycles. The first-order chi connectivity index (χ1) is 2.41. The number of aliphatic hydroxyl groups excluding tert-OH is 1. The summed E-state index contributed by atoms with van der Waals surface area (Å²) in [5.41, 5.74) is 0. The van der Waals surface area contributed by atoms with E-state index in [1.54, 1.807) is 6.92 Å². The summed E-state index contributed by atoms with van der Waals surface area (Å²) in [5, 5.41) is 15.6. The molecule has 0 aliphatic heterocycles. The highest BCUT2D eigenvalue weighted by atomic mass is 16.4. The van der Waals surface area contributed by atoms with Crippen molar-refractivity contribution in [3.63, 3.8) is 0 Å². The van der Waals surface area contributed by atoms with Crippen molar-refractivity contribution < 1.29 is 11.0 Å². The van der Waals surface area contributed by atoms with Crippen LogP contribution in [-0.2, 0) is 0 Å². The van der Waals surface area contributed by atoms with Gasteiger partial charge in [0.1, 0.15) is 0 Å². The van der Waals surface area contributed by atoms with E-state index < -0.39 is 0 Å². The van der Waals surface area contributed by atoms with Gasteiger partial charge >= 0.3 is 0 Å². The van der Waals surface area contributed by atoms with E-state index in [9.17, 15) is 0 Å². The largest absolute Gasteiger partial charge is 0.637 e. The quantitative estimate of drug-likeness (QED) is 0.355. The Bertz CT molecular complexity index is 7.61. The summed E-state index contributed by atoms with van der Waals surface area (Å²) < 4.78 is 0. The summed E-state index contributed by atoms with van der Waals surface area (Å²) >= 11 is 0. The van der Waals surface area contributed by atoms with Crippen LogP contribution in [0.15, 0.2) is 0 Å². The van der Waals surface area contributed by atoms with Gasteiger partial charge in [0, 0.05) is 6.61 Å². The molecule has 0 rings (SSSR count). The third-order valence-electron chi connectivity index (χ3n) is 0. The fraction of sp³-hybridized carbons (Fsp3) is 1.00. The zero-order chi connectivity index (χ0) is 4.71. The van der Waals surface area contributed by atoms with Crippen molar-refractivity contribution in [2.24, 2.45) is 0 Å². The lowest BCUT2D eigenvalue weighted by Gasteiger charge is -1.52. The highest BCUT2D eigenvalue weighted by Gasteiger charge is 1.34. The van der Waals surface area contributed by atoms with E-state index in [1.165, 1.54) is 0 Å². The van der Waals surface area contributed by atoms with E-state index >= 15 is 0 Å². The van der Waals surface area contributed by atoms with Crippen LogP contribution < -0.4 is 5.90 Å². The Labute approximate surface area is 31.0 Å². The molecule has 0 aromatic heterocycles. The third kappa shape index (κ3) is 952. The lowest BCUT2D eigenvalue weighted by Crippen LogP contribution is -2.37. The zero-order valence-electron chi connectivity index (χ0n) is 3.27. The van der Waals surface area contributed by atoms with Crippen LogP contribution in [-0.4, -0.2) is 11.7 Å². The van der Waals surface area contributed by atoms with E-state index in [-0.39, 0.29) is 6.61 Å². The van der Waals surface area contributed by atoms with Crippen LogP contribution in [0.4, 0.5) is 0 Å². The second kappa shape index (κ2) is 41.6. The number of rotatable bonds is 0. The molecule has 4 N–H and O–H groups in total. The fourth-order valence-electron chi connectivity index (χ4n) is 0. The summed E-state index contributed by atoms with van der Waals surface area (Å²) in [4.78, 5) is 0. The average molecular weight is 79.1 g/mol. The van der Waals surface area contributed by atoms with E-state index in [0.717, 1.165) is 0 Å². The molecular formula is C2H9NO2. The number of hydrogen-bond donors (Lipinski definition) is 2. The Balaban J connectivity index is 0. The number of aliphatic hydroxyl groups is 1. The van der Waals surface area contributed by atoms with Gasteiger partial charge in [-0.1, -0.05) is 0 Å². The highest BCUT2D eigenvalue weighted by Crippen LogP contribution is 1.30. The summed E-state index contributed by atoms with van der Waals surface area (Å²) in [5.74, 6) is 2.00. The van der Waals surface area contributed by atoms with Gasteiger partial charge in [0.15, 0.2) is 0 Å². The normalized spacial score (nSPS) is 4.80. The van der Waals surface area contributed by atoms with Gasteiger partial charge in [0.2, 0.25) is 0 Å².